The molecule has 0 spiro atoms. The molecule has 0 fully saturated rings. The minimum Gasteiger partial charge on any atom is -0.481 e. The van der Waals surface area contributed by atoms with Crippen LogP contribution in [0.5, 0.6) is 0 Å². The van der Waals surface area contributed by atoms with Gasteiger partial charge in [0, 0.05) is 36.5 Å². The Balaban J connectivity index is 2.15. The first kappa shape index (κ1) is 10.6. The van der Waals surface area contributed by atoms with Crippen LogP contribution in [0.4, 0.5) is 0 Å². The van der Waals surface area contributed by atoms with Crippen LogP contribution < -0.4 is 5.73 Å². The summed E-state index contributed by atoms with van der Waals surface area (Å²) >= 11 is 0. The number of hydrogen-bond donors (Lipinski definition) is 2. The second kappa shape index (κ2) is 4.28. The number of fused-ring (bicyclic) bond motifs is 1. The summed E-state index contributed by atoms with van der Waals surface area (Å²) in [6.45, 7) is 0. The fourth-order valence-electron chi connectivity index (χ4n) is 1.46. The lowest BCUT2D eigenvalue weighted by Crippen LogP contribution is -2.13. The summed E-state index contributed by atoms with van der Waals surface area (Å²) in [4.78, 5) is 14.6. The van der Waals surface area contributed by atoms with Crippen LogP contribution in [0.1, 0.15) is 24.4 Å². The quantitative estimate of drug-likeness (QED) is 0.786. The molecule has 3 N–H and O–H groups in total. The van der Waals surface area contributed by atoms with Crippen molar-refractivity contribution in [3.8, 4) is 0 Å². The molecular formula is C10H12N4O2. The SMILES string of the molecule is NC(CCC(=O)O)c1cnc2ccnn2c1. The fourth-order valence-corrected chi connectivity index (χ4v) is 1.46. The fraction of sp³-hybridized carbons (Fsp3) is 0.300. The van der Waals surface area contributed by atoms with Gasteiger partial charge in [0.15, 0.2) is 5.65 Å². The second-order valence-electron chi connectivity index (χ2n) is 3.56. The van der Waals surface area contributed by atoms with Gasteiger partial charge in [0.05, 0.1) is 6.20 Å². The normalized spacial score (nSPS) is 12.8. The zero-order chi connectivity index (χ0) is 11.5. The molecule has 2 heterocycles. The van der Waals surface area contributed by atoms with Gasteiger partial charge in [0.2, 0.25) is 0 Å². The van der Waals surface area contributed by atoms with Crippen molar-refractivity contribution < 1.29 is 9.90 Å². The lowest BCUT2D eigenvalue weighted by molar-refractivity contribution is -0.137. The Morgan fingerprint density at radius 1 is 1.62 bits per heavy atom. The molecule has 6 heteroatoms. The summed E-state index contributed by atoms with van der Waals surface area (Å²) in [5, 5.41) is 12.6. The van der Waals surface area contributed by atoms with E-state index < -0.39 is 5.97 Å². The van der Waals surface area contributed by atoms with Gasteiger partial charge in [0.1, 0.15) is 0 Å². The Hall–Kier alpha value is -1.95. The molecule has 1 unspecified atom stereocenters. The topological polar surface area (TPSA) is 93.5 Å². The molecule has 0 aliphatic carbocycles. The molecule has 0 amide bonds. The first-order valence-electron chi connectivity index (χ1n) is 4.93. The van der Waals surface area contributed by atoms with Crippen molar-refractivity contribution in [3.05, 3.63) is 30.2 Å². The first-order chi connectivity index (χ1) is 7.66. The van der Waals surface area contributed by atoms with Crippen molar-refractivity contribution in [2.24, 2.45) is 5.73 Å². The van der Waals surface area contributed by atoms with Crippen LogP contribution in [0.25, 0.3) is 5.65 Å². The van der Waals surface area contributed by atoms with Crippen molar-refractivity contribution in [2.45, 2.75) is 18.9 Å². The van der Waals surface area contributed by atoms with Crippen LogP contribution in [-0.4, -0.2) is 25.7 Å². The molecular weight excluding hydrogens is 208 g/mol. The summed E-state index contributed by atoms with van der Waals surface area (Å²) in [5.74, 6) is -0.844. The monoisotopic (exact) mass is 220 g/mol. The highest BCUT2D eigenvalue weighted by molar-refractivity contribution is 5.66. The summed E-state index contributed by atoms with van der Waals surface area (Å²) < 4.78 is 1.62. The minimum absolute atomic E-state index is 0.0539. The highest BCUT2D eigenvalue weighted by atomic mass is 16.4. The third-order valence-electron chi connectivity index (χ3n) is 2.36. The molecule has 1 atom stereocenters. The van der Waals surface area contributed by atoms with E-state index in [0.29, 0.717) is 6.42 Å². The van der Waals surface area contributed by atoms with E-state index in [9.17, 15) is 4.79 Å². The Kier molecular flexibility index (Phi) is 2.82. The van der Waals surface area contributed by atoms with Gasteiger partial charge in [-0.25, -0.2) is 9.50 Å². The second-order valence-corrected chi connectivity index (χ2v) is 3.56. The smallest absolute Gasteiger partial charge is 0.303 e. The average Bonchev–Trinajstić information content (AvgIpc) is 2.72. The van der Waals surface area contributed by atoms with Crippen molar-refractivity contribution >= 4 is 11.6 Å². The standard InChI is InChI=1S/C10H12N4O2/c11-8(1-2-10(15)16)7-5-12-9-3-4-13-14(9)6-7/h3-6,8H,1-2,11H2,(H,15,16). The molecule has 0 aromatic carbocycles. The van der Waals surface area contributed by atoms with E-state index in [1.54, 1.807) is 29.2 Å². The zero-order valence-electron chi connectivity index (χ0n) is 8.58. The van der Waals surface area contributed by atoms with Crippen LogP contribution in [-0.2, 0) is 4.79 Å². The molecule has 0 saturated carbocycles. The molecule has 0 aliphatic heterocycles. The summed E-state index contributed by atoms with van der Waals surface area (Å²) in [5.41, 5.74) is 7.39. The minimum atomic E-state index is -0.844. The van der Waals surface area contributed by atoms with Gasteiger partial charge in [0.25, 0.3) is 0 Å². The number of nitrogens with zero attached hydrogens (tertiary/aromatic N) is 3. The Morgan fingerprint density at radius 3 is 3.19 bits per heavy atom. The zero-order valence-corrected chi connectivity index (χ0v) is 8.58. The van der Waals surface area contributed by atoms with E-state index in [4.69, 9.17) is 10.8 Å². The van der Waals surface area contributed by atoms with Crippen molar-refractivity contribution in [1.82, 2.24) is 14.6 Å². The lowest BCUT2D eigenvalue weighted by atomic mass is 10.1. The van der Waals surface area contributed by atoms with Gasteiger partial charge in [-0.3, -0.25) is 4.79 Å². The van der Waals surface area contributed by atoms with Gasteiger partial charge >= 0.3 is 5.97 Å². The van der Waals surface area contributed by atoms with Crippen molar-refractivity contribution in [1.29, 1.82) is 0 Å². The maximum absolute atomic E-state index is 10.4. The highest BCUT2D eigenvalue weighted by Crippen LogP contribution is 2.14. The number of hydrogen-bond acceptors (Lipinski definition) is 4. The van der Waals surface area contributed by atoms with E-state index in [1.807, 2.05) is 0 Å². The predicted octanol–water partition coefficient (Wildman–Crippen LogP) is 0.594. The van der Waals surface area contributed by atoms with Crippen LogP contribution in [0, 0.1) is 0 Å². The molecule has 0 bridgehead atoms. The largest absolute Gasteiger partial charge is 0.481 e. The molecule has 2 aromatic rings. The highest BCUT2D eigenvalue weighted by Gasteiger charge is 2.09. The Morgan fingerprint density at radius 2 is 2.44 bits per heavy atom. The molecule has 0 aliphatic rings. The Labute approximate surface area is 91.7 Å². The van der Waals surface area contributed by atoms with Crippen LogP contribution in [0.3, 0.4) is 0 Å². The number of carbonyl (C=O) groups is 1. The molecule has 6 nitrogen and oxygen atoms in total. The molecule has 2 rings (SSSR count). The number of nitrogens with two attached hydrogens (primary N) is 1. The Bertz CT molecular complexity index is 508. The van der Waals surface area contributed by atoms with Gasteiger partial charge in [-0.2, -0.15) is 5.10 Å². The van der Waals surface area contributed by atoms with Gasteiger partial charge in [-0.05, 0) is 6.42 Å². The van der Waals surface area contributed by atoms with Crippen LogP contribution in [0.2, 0.25) is 0 Å². The van der Waals surface area contributed by atoms with E-state index >= 15 is 0 Å². The lowest BCUT2D eigenvalue weighted by Gasteiger charge is -2.09. The number of carboxylic acids is 1. The first-order valence-corrected chi connectivity index (χ1v) is 4.93. The average molecular weight is 220 g/mol. The number of aromatic nitrogens is 3. The van der Waals surface area contributed by atoms with E-state index in [2.05, 4.69) is 10.1 Å². The van der Waals surface area contributed by atoms with Crippen LogP contribution >= 0.6 is 0 Å². The van der Waals surface area contributed by atoms with E-state index in [1.165, 1.54) is 0 Å². The molecule has 16 heavy (non-hydrogen) atoms. The van der Waals surface area contributed by atoms with Crippen LogP contribution in [0.15, 0.2) is 24.7 Å². The predicted molar refractivity (Wildman–Crippen MR) is 56.8 cm³/mol. The van der Waals surface area contributed by atoms with Crippen molar-refractivity contribution in [3.63, 3.8) is 0 Å². The number of rotatable bonds is 4. The molecule has 0 radical (unpaired) electrons. The summed E-state index contributed by atoms with van der Waals surface area (Å²) in [7, 11) is 0. The molecule has 0 saturated heterocycles. The third kappa shape index (κ3) is 2.17. The third-order valence-corrected chi connectivity index (χ3v) is 2.36. The molecule has 2 aromatic heterocycles. The maximum atomic E-state index is 10.4. The number of carboxylic acid groups (broad SMARTS) is 1. The van der Waals surface area contributed by atoms with Gasteiger partial charge < -0.3 is 10.8 Å². The summed E-state index contributed by atoms with van der Waals surface area (Å²) in [6, 6.07) is 1.46. The number of aliphatic carboxylic acids is 1. The summed E-state index contributed by atoms with van der Waals surface area (Å²) in [6.07, 6.45) is 5.52. The molecule has 84 valence electrons. The van der Waals surface area contributed by atoms with Gasteiger partial charge in [-0.15, -0.1) is 0 Å². The van der Waals surface area contributed by atoms with E-state index in [0.717, 1.165) is 11.2 Å². The maximum Gasteiger partial charge on any atom is 0.303 e. The van der Waals surface area contributed by atoms with E-state index in [-0.39, 0.29) is 12.5 Å². The van der Waals surface area contributed by atoms with Crippen molar-refractivity contribution in [2.75, 3.05) is 0 Å². The van der Waals surface area contributed by atoms with Gasteiger partial charge in [-0.1, -0.05) is 0 Å².